The molecule has 26 heavy (non-hydrogen) atoms. The van der Waals surface area contributed by atoms with E-state index in [1.54, 1.807) is 0 Å². The van der Waals surface area contributed by atoms with E-state index < -0.39 is 0 Å². The lowest BCUT2D eigenvalue weighted by atomic mass is 10.00. The van der Waals surface area contributed by atoms with E-state index in [-0.39, 0.29) is 12.5 Å². The van der Waals surface area contributed by atoms with E-state index in [1.807, 2.05) is 71.6 Å². The first kappa shape index (κ1) is 17.6. The summed E-state index contributed by atoms with van der Waals surface area (Å²) < 4.78 is 0. The van der Waals surface area contributed by atoms with Crippen LogP contribution in [0.4, 0.5) is 5.69 Å². The highest BCUT2D eigenvalue weighted by Crippen LogP contribution is 2.27. The van der Waals surface area contributed by atoms with Gasteiger partial charge in [-0.05, 0) is 25.3 Å². The highest BCUT2D eigenvalue weighted by atomic mass is 16.2. The van der Waals surface area contributed by atoms with Gasteiger partial charge in [-0.1, -0.05) is 54.6 Å². The Morgan fingerprint density at radius 2 is 1.85 bits per heavy atom. The van der Waals surface area contributed by atoms with Crippen molar-refractivity contribution < 1.29 is 4.79 Å². The van der Waals surface area contributed by atoms with Crippen LogP contribution in [0.3, 0.4) is 0 Å². The van der Waals surface area contributed by atoms with Crippen LogP contribution in [-0.4, -0.2) is 24.7 Å². The first-order valence-electron chi connectivity index (χ1n) is 8.85. The zero-order chi connectivity index (χ0) is 18.2. The molecule has 3 rings (SSSR count). The maximum Gasteiger partial charge on any atom is 0.248 e. The number of hydrogen-bond donors (Lipinski definition) is 0. The zero-order valence-corrected chi connectivity index (χ0v) is 14.6. The summed E-state index contributed by atoms with van der Waals surface area (Å²) in [5.74, 6) is 0.0240. The highest BCUT2D eigenvalue weighted by Gasteiger charge is 2.24. The van der Waals surface area contributed by atoms with Crippen molar-refractivity contribution in [2.24, 2.45) is 4.99 Å². The lowest BCUT2D eigenvalue weighted by Gasteiger charge is -2.23. The third-order valence-corrected chi connectivity index (χ3v) is 4.37. The number of fused-ring (bicyclic) bond motifs is 1. The number of benzodiazepines with no additional fused rings is 1. The van der Waals surface area contributed by atoms with Gasteiger partial charge in [-0.2, -0.15) is 5.26 Å². The summed E-state index contributed by atoms with van der Waals surface area (Å²) in [6.07, 6.45) is 6.05. The zero-order valence-electron chi connectivity index (χ0n) is 14.6. The Bertz CT molecular complexity index is 862. The quantitative estimate of drug-likeness (QED) is 0.585. The number of benzene rings is 2. The topological polar surface area (TPSA) is 56.5 Å². The number of hydrogen-bond acceptors (Lipinski definition) is 3. The van der Waals surface area contributed by atoms with E-state index >= 15 is 0 Å². The predicted octanol–water partition coefficient (Wildman–Crippen LogP) is 4.12. The molecule has 1 aliphatic heterocycles. The molecule has 2 aromatic rings. The number of unbranched alkanes of at least 4 members (excludes halogenated alkanes) is 2. The fourth-order valence-electron chi connectivity index (χ4n) is 3.12. The summed E-state index contributed by atoms with van der Waals surface area (Å²) in [5, 5.41) is 8.52. The predicted molar refractivity (Wildman–Crippen MR) is 104 cm³/mol. The van der Waals surface area contributed by atoms with Crippen molar-refractivity contribution in [1.29, 1.82) is 5.26 Å². The Labute approximate surface area is 154 Å². The van der Waals surface area contributed by atoms with Crippen LogP contribution in [0.2, 0.25) is 0 Å². The maximum atomic E-state index is 12.7. The largest absolute Gasteiger partial charge is 0.310 e. The van der Waals surface area contributed by atoms with E-state index in [0.29, 0.717) is 6.54 Å². The molecule has 0 saturated carbocycles. The second kappa shape index (κ2) is 8.77. The number of nitriles is 1. The Morgan fingerprint density at radius 1 is 1.08 bits per heavy atom. The van der Waals surface area contributed by atoms with Gasteiger partial charge in [-0.3, -0.25) is 9.79 Å². The van der Waals surface area contributed by atoms with Gasteiger partial charge in [0.1, 0.15) is 6.54 Å². The van der Waals surface area contributed by atoms with Crippen molar-refractivity contribution in [1.82, 2.24) is 0 Å². The fourth-order valence-corrected chi connectivity index (χ4v) is 3.12. The molecular weight excluding hydrogens is 322 g/mol. The minimum atomic E-state index is 0.0240. The third-order valence-electron chi connectivity index (χ3n) is 4.37. The fraction of sp³-hybridized carbons (Fsp3) is 0.227. The molecule has 2 aromatic carbocycles. The van der Waals surface area contributed by atoms with E-state index in [4.69, 9.17) is 5.26 Å². The van der Waals surface area contributed by atoms with Gasteiger partial charge < -0.3 is 4.90 Å². The molecule has 0 aliphatic carbocycles. The molecule has 0 bridgehead atoms. The molecule has 0 radical (unpaired) electrons. The van der Waals surface area contributed by atoms with Gasteiger partial charge >= 0.3 is 0 Å². The first-order chi connectivity index (χ1) is 12.8. The van der Waals surface area contributed by atoms with Gasteiger partial charge in [0.25, 0.3) is 0 Å². The van der Waals surface area contributed by atoms with Crippen molar-refractivity contribution in [3.8, 4) is 6.07 Å². The molecule has 1 heterocycles. The van der Waals surface area contributed by atoms with E-state index in [9.17, 15) is 4.79 Å². The average Bonchev–Trinajstić information content (AvgIpc) is 2.82. The minimum absolute atomic E-state index is 0.0240. The molecule has 1 aliphatic rings. The van der Waals surface area contributed by atoms with Gasteiger partial charge in [0.15, 0.2) is 0 Å². The van der Waals surface area contributed by atoms with Gasteiger partial charge in [0, 0.05) is 23.7 Å². The number of aliphatic imine (C=N–C) groups is 1. The lowest BCUT2D eigenvalue weighted by Crippen LogP contribution is -2.33. The van der Waals surface area contributed by atoms with Crippen LogP contribution in [0.15, 0.2) is 71.7 Å². The van der Waals surface area contributed by atoms with Crippen molar-refractivity contribution in [3.63, 3.8) is 0 Å². The monoisotopic (exact) mass is 343 g/mol. The Hall–Kier alpha value is -3.19. The SMILES string of the molecule is N#C/C=C\CCCCN1C(=O)CN=C(c2ccccc2)c2ccccc21. The number of allylic oxidation sites excluding steroid dienone is 2. The number of carbonyl (C=O) groups is 1. The van der Waals surface area contributed by atoms with Crippen molar-refractivity contribution in [2.75, 3.05) is 18.0 Å². The number of carbonyl (C=O) groups excluding carboxylic acids is 1. The van der Waals surface area contributed by atoms with Crippen LogP contribution in [0.5, 0.6) is 0 Å². The highest BCUT2D eigenvalue weighted by molar-refractivity contribution is 6.19. The number of amides is 1. The summed E-state index contributed by atoms with van der Waals surface area (Å²) in [7, 11) is 0. The van der Waals surface area contributed by atoms with Gasteiger partial charge in [-0.25, -0.2) is 0 Å². The van der Waals surface area contributed by atoms with Crippen LogP contribution in [0, 0.1) is 11.3 Å². The van der Waals surface area contributed by atoms with Crippen LogP contribution in [0.25, 0.3) is 0 Å². The Morgan fingerprint density at radius 3 is 2.65 bits per heavy atom. The number of anilines is 1. The molecular formula is C22H21N3O. The molecule has 4 heteroatoms. The molecule has 0 spiro atoms. The Kier molecular flexibility index (Phi) is 5.95. The molecule has 0 atom stereocenters. The molecule has 0 unspecified atom stereocenters. The summed E-state index contributed by atoms with van der Waals surface area (Å²) in [6.45, 7) is 0.821. The molecule has 0 N–H and O–H groups in total. The summed E-state index contributed by atoms with van der Waals surface area (Å²) >= 11 is 0. The number of nitrogens with zero attached hydrogens (tertiary/aromatic N) is 3. The lowest BCUT2D eigenvalue weighted by molar-refractivity contribution is -0.117. The summed E-state index contributed by atoms with van der Waals surface area (Å²) in [5.41, 5.74) is 3.81. The van der Waals surface area contributed by atoms with Gasteiger partial charge in [0.2, 0.25) is 5.91 Å². The second-order valence-corrected chi connectivity index (χ2v) is 6.12. The standard InChI is InChI=1S/C22H21N3O/c23-15-9-2-1-3-10-16-25-20-14-8-7-13-19(20)22(24-17-21(25)26)18-11-5-4-6-12-18/h2,4-9,11-14H,1,3,10,16-17H2/b9-2-. The van der Waals surface area contributed by atoms with Gasteiger partial charge in [0.05, 0.1) is 17.5 Å². The molecule has 1 amide bonds. The van der Waals surface area contributed by atoms with Crippen molar-refractivity contribution in [2.45, 2.75) is 19.3 Å². The van der Waals surface area contributed by atoms with E-state index in [2.05, 4.69) is 4.99 Å². The average molecular weight is 343 g/mol. The van der Waals surface area contributed by atoms with Gasteiger partial charge in [-0.15, -0.1) is 0 Å². The molecule has 0 saturated heterocycles. The second-order valence-electron chi connectivity index (χ2n) is 6.12. The number of para-hydroxylation sites is 1. The third kappa shape index (κ3) is 4.07. The van der Waals surface area contributed by atoms with Crippen molar-refractivity contribution >= 4 is 17.3 Å². The maximum absolute atomic E-state index is 12.7. The van der Waals surface area contributed by atoms with E-state index in [1.165, 1.54) is 6.08 Å². The molecule has 0 aromatic heterocycles. The molecule has 0 fully saturated rings. The van der Waals surface area contributed by atoms with Crippen LogP contribution in [0.1, 0.15) is 30.4 Å². The summed E-state index contributed by atoms with van der Waals surface area (Å²) in [6, 6.07) is 20.0. The van der Waals surface area contributed by atoms with E-state index in [0.717, 1.165) is 41.8 Å². The number of rotatable bonds is 6. The minimum Gasteiger partial charge on any atom is -0.310 e. The summed E-state index contributed by atoms with van der Waals surface area (Å²) in [4.78, 5) is 19.1. The van der Waals surface area contributed by atoms with Crippen LogP contribution >= 0.6 is 0 Å². The van der Waals surface area contributed by atoms with Crippen LogP contribution < -0.4 is 4.90 Å². The van der Waals surface area contributed by atoms with Crippen molar-refractivity contribution in [3.05, 3.63) is 77.9 Å². The molecule has 130 valence electrons. The van der Waals surface area contributed by atoms with Crippen LogP contribution in [-0.2, 0) is 4.79 Å². The normalized spacial score (nSPS) is 13.9. The smallest absolute Gasteiger partial charge is 0.248 e. The Balaban J connectivity index is 1.83. The first-order valence-corrected chi connectivity index (χ1v) is 8.85. The molecule has 4 nitrogen and oxygen atoms in total.